The monoisotopic (exact) mass is 344 g/mol. The van der Waals surface area contributed by atoms with Crippen LogP contribution in [0.2, 0.25) is 0 Å². The van der Waals surface area contributed by atoms with E-state index in [1.54, 1.807) is 0 Å². The van der Waals surface area contributed by atoms with Crippen LogP contribution in [0, 0.1) is 0 Å². The molecule has 1 heterocycles. The van der Waals surface area contributed by atoms with E-state index in [9.17, 15) is 0 Å². The summed E-state index contributed by atoms with van der Waals surface area (Å²) in [5, 5.41) is 6.55. The highest BCUT2D eigenvalue weighted by atomic mass is 15.2. The van der Waals surface area contributed by atoms with Crippen LogP contribution in [0.5, 0.6) is 0 Å². The summed E-state index contributed by atoms with van der Waals surface area (Å²) < 4.78 is 0. The lowest BCUT2D eigenvalue weighted by Gasteiger charge is -2.23. The maximum absolute atomic E-state index is 3.87. The second-order valence-corrected chi connectivity index (χ2v) is 7.41. The van der Waals surface area contributed by atoms with E-state index < -0.39 is 0 Å². The van der Waals surface area contributed by atoms with Gasteiger partial charge in [0.2, 0.25) is 0 Å². The number of rotatable bonds is 5. The summed E-state index contributed by atoms with van der Waals surface area (Å²) in [5.74, 6) is 0. The fourth-order valence-electron chi connectivity index (χ4n) is 4.14. The molecule has 2 atom stereocenters. The van der Waals surface area contributed by atoms with Gasteiger partial charge >= 0.3 is 0 Å². The maximum atomic E-state index is 3.87. The molecular formula is C24H28N2. The van der Waals surface area contributed by atoms with Crippen LogP contribution < -0.4 is 10.2 Å². The number of benzene rings is 3. The molecule has 3 aromatic rings. The first-order chi connectivity index (χ1) is 12.7. The van der Waals surface area contributed by atoms with Gasteiger partial charge in [0.25, 0.3) is 0 Å². The van der Waals surface area contributed by atoms with Crippen LogP contribution in [-0.2, 0) is 6.42 Å². The molecule has 2 nitrogen and oxygen atoms in total. The summed E-state index contributed by atoms with van der Waals surface area (Å²) in [4.78, 5) is 2.51. The third-order valence-electron chi connectivity index (χ3n) is 5.67. The number of fused-ring (bicyclic) bond motifs is 1. The summed E-state index contributed by atoms with van der Waals surface area (Å²) in [6.07, 6.45) is 2.30. The van der Waals surface area contributed by atoms with Crippen molar-refractivity contribution in [2.24, 2.45) is 0 Å². The van der Waals surface area contributed by atoms with Crippen molar-refractivity contribution in [3.05, 3.63) is 77.9 Å². The Labute approximate surface area is 156 Å². The number of aryl methyl sites for hydroxylation is 1. The highest BCUT2D eigenvalue weighted by Crippen LogP contribution is 2.26. The molecule has 1 aliphatic rings. The second kappa shape index (κ2) is 7.51. The van der Waals surface area contributed by atoms with Gasteiger partial charge in [0.15, 0.2) is 0 Å². The molecule has 2 heteroatoms. The minimum absolute atomic E-state index is 0.355. The van der Waals surface area contributed by atoms with Gasteiger partial charge in [-0.25, -0.2) is 0 Å². The summed E-state index contributed by atoms with van der Waals surface area (Å²) in [6, 6.07) is 25.3. The van der Waals surface area contributed by atoms with Crippen molar-refractivity contribution in [3.8, 4) is 0 Å². The summed E-state index contributed by atoms with van der Waals surface area (Å²) in [5.41, 5.74) is 4.16. The number of nitrogens with one attached hydrogen (secondary N) is 1. The van der Waals surface area contributed by atoms with Crippen molar-refractivity contribution in [2.45, 2.75) is 38.8 Å². The van der Waals surface area contributed by atoms with Gasteiger partial charge in [0.1, 0.15) is 0 Å². The molecule has 0 saturated carbocycles. The summed E-state index contributed by atoms with van der Waals surface area (Å²) in [6.45, 7) is 6.71. The van der Waals surface area contributed by atoms with E-state index >= 15 is 0 Å². The van der Waals surface area contributed by atoms with Gasteiger partial charge in [-0.1, -0.05) is 61.5 Å². The Morgan fingerprint density at radius 3 is 2.58 bits per heavy atom. The molecule has 26 heavy (non-hydrogen) atoms. The average molecular weight is 345 g/mol. The first-order valence-corrected chi connectivity index (χ1v) is 9.82. The number of hydrogen-bond donors (Lipinski definition) is 1. The predicted molar refractivity (Wildman–Crippen MR) is 112 cm³/mol. The van der Waals surface area contributed by atoms with Crippen molar-refractivity contribution >= 4 is 16.5 Å². The van der Waals surface area contributed by atoms with Gasteiger partial charge < -0.3 is 10.2 Å². The van der Waals surface area contributed by atoms with Crippen molar-refractivity contribution < 1.29 is 0 Å². The van der Waals surface area contributed by atoms with E-state index in [1.807, 2.05) is 0 Å². The zero-order valence-corrected chi connectivity index (χ0v) is 15.8. The van der Waals surface area contributed by atoms with Crippen LogP contribution in [0.1, 0.15) is 37.4 Å². The molecule has 134 valence electrons. The third kappa shape index (κ3) is 3.47. The van der Waals surface area contributed by atoms with Crippen molar-refractivity contribution in [1.82, 2.24) is 5.32 Å². The number of hydrogen-bond acceptors (Lipinski definition) is 2. The molecule has 0 amide bonds. The normalized spacial score (nSPS) is 18.4. The lowest BCUT2D eigenvalue weighted by atomic mass is 9.99. The molecule has 0 bridgehead atoms. The fourth-order valence-corrected chi connectivity index (χ4v) is 4.14. The SMILES string of the molecule is CCc1ccc(N2CCC(NC(C)c3cccc4ccccc34)C2)cc1. The molecular weight excluding hydrogens is 316 g/mol. The summed E-state index contributed by atoms with van der Waals surface area (Å²) >= 11 is 0. The molecule has 0 aromatic heterocycles. The number of anilines is 1. The van der Waals surface area contributed by atoms with Crippen LogP contribution in [0.4, 0.5) is 5.69 Å². The Morgan fingerprint density at radius 1 is 1.00 bits per heavy atom. The quantitative estimate of drug-likeness (QED) is 0.673. The summed E-state index contributed by atoms with van der Waals surface area (Å²) in [7, 11) is 0. The van der Waals surface area contributed by atoms with Crippen LogP contribution in [0.25, 0.3) is 10.8 Å². The van der Waals surface area contributed by atoms with Crippen molar-refractivity contribution in [1.29, 1.82) is 0 Å². The van der Waals surface area contributed by atoms with Crippen LogP contribution >= 0.6 is 0 Å². The highest BCUT2D eigenvalue weighted by Gasteiger charge is 2.24. The van der Waals surface area contributed by atoms with Crippen molar-refractivity contribution in [2.75, 3.05) is 18.0 Å². The van der Waals surface area contributed by atoms with Gasteiger partial charge in [-0.15, -0.1) is 0 Å². The molecule has 4 rings (SSSR count). The minimum atomic E-state index is 0.355. The van der Waals surface area contributed by atoms with Crippen LogP contribution in [-0.4, -0.2) is 19.1 Å². The van der Waals surface area contributed by atoms with E-state index in [4.69, 9.17) is 0 Å². The Balaban J connectivity index is 1.44. The average Bonchev–Trinajstić information content (AvgIpc) is 3.16. The first-order valence-electron chi connectivity index (χ1n) is 9.82. The van der Waals surface area contributed by atoms with E-state index in [-0.39, 0.29) is 0 Å². The Morgan fingerprint density at radius 2 is 1.77 bits per heavy atom. The molecule has 1 N–H and O–H groups in total. The Kier molecular flexibility index (Phi) is 4.94. The van der Waals surface area contributed by atoms with Gasteiger partial charge in [-0.2, -0.15) is 0 Å². The smallest absolute Gasteiger partial charge is 0.0366 e. The van der Waals surface area contributed by atoms with Gasteiger partial charge in [0.05, 0.1) is 0 Å². The number of nitrogens with zero attached hydrogens (tertiary/aromatic N) is 1. The molecule has 1 aliphatic heterocycles. The maximum Gasteiger partial charge on any atom is 0.0366 e. The van der Waals surface area contributed by atoms with Gasteiger partial charge in [-0.05, 0) is 53.8 Å². The molecule has 0 aliphatic carbocycles. The molecule has 2 unspecified atom stereocenters. The molecule has 0 spiro atoms. The third-order valence-corrected chi connectivity index (χ3v) is 5.67. The van der Waals surface area contributed by atoms with E-state index in [1.165, 1.54) is 34.0 Å². The lowest BCUT2D eigenvalue weighted by molar-refractivity contribution is 0.483. The fraction of sp³-hybridized carbons (Fsp3) is 0.333. The standard InChI is InChI=1S/C24H28N2/c1-3-19-11-13-22(14-12-19)26-16-15-21(17-26)25-18(2)23-10-6-8-20-7-4-5-9-24(20)23/h4-14,18,21,25H,3,15-17H2,1-2H3. The Hall–Kier alpha value is -2.32. The largest absolute Gasteiger partial charge is 0.370 e. The van der Waals surface area contributed by atoms with Crippen molar-refractivity contribution in [3.63, 3.8) is 0 Å². The molecule has 1 saturated heterocycles. The molecule has 3 aromatic carbocycles. The molecule has 1 fully saturated rings. The topological polar surface area (TPSA) is 15.3 Å². The minimum Gasteiger partial charge on any atom is -0.370 e. The second-order valence-electron chi connectivity index (χ2n) is 7.41. The zero-order valence-electron chi connectivity index (χ0n) is 15.8. The van der Waals surface area contributed by atoms with E-state index in [2.05, 4.69) is 90.8 Å². The van der Waals surface area contributed by atoms with E-state index in [0.717, 1.165) is 19.5 Å². The van der Waals surface area contributed by atoms with Gasteiger partial charge in [-0.3, -0.25) is 0 Å². The van der Waals surface area contributed by atoms with Gasteiger partial charge in [0, 0.05) is 30.9 Å². The van der Waals surface area contributed by atoms with Crippen LogP contribution in [0.15, 0.2) is 66.7 Å². The Bertz CT molecular complexity index is 864. The first kappa shape index (κ1) is 17.1. The highest BCUT2D eigenvalue weighted by molar-refractivity contribution is 5.86. The molecule has 0 radical (unpaired) electrons. The van der Waals surface area contributed by atoms with Crippen LogP contribution in [0.3, 0.4) is 0 Å². The lowest BCUT2D eigenvalue weighted by Crippen LogP contribution is -2.34. The predicted octanol–water partition coefficient (Wildman–Crippen LogP) is 5.33. The van der Waals surface area contributed by atoms with E-state index in [0.29, 0.717) is 12.1 Å². The zero-order chi connectivity index (χ0) is 17.9.